The van der Waals surface area contributed by atoms with E-state index in [4.69, 9.17) is 14.2 Å². The molecule has 0 bridgehead atoms. The van der Waals surface area contributed by atoms with Crippen molar-refractivity contribution < 1.29 is 14.1 Å². The maximum Gasteiger partial charge on any atom is 0.410 e. The zero-order valence-corrected chi connectivity index (χ0v) is 22.9. The van der Waals surface area contributed by atoms with Gasteiger partial charge in [0.15, 0.2) is 5.82 Å². The zero-order valence-electron chi connectivity index (χ0n) is 22.9. The molecule has 10 nitrogen and oxygen atoms in total. The van der Waals surface area contributed by atoms with Crippen molar-refractivity contribution in [2.45, 2.75) is 72.2 Å². The number of pyridine rings is 1. The number of piperazine rings is 1. The van der Waals surface area contributed by atoms with Crippen LogP contribution in [0.4, 0.5) is 4.79 Å². The number of carbonyl (C=O) groups excluding carboxylic acids is 1. The molecular formula is C28H35N7O3. The van der Waals surface area contributed by atoms with Gasteiger partial charge in [0.05, 0.1) is 11.0 Å². The number of hydrogen-bond donors (Lipinski definition) is 1. The summed E-state index contributed by atoms with van der Waals surface area (Å²) in [4.78, 5) is 34.0. The van der Waals surface area contributed by atoms with Crippen LogP contribution in [0.25, 0.3) is 22.5 Å². The van der Waals surface area contributed by atoms with Crippen molar-refractivity contribution in [2.75, 3.05) is 13.1 Å². The predicted molar refractivity (Wildman–Crippen MR) is 143 cm³/mol. The third kappa shape index (κ3) is 5.85. The van der Waals surface area contributed by atoms with E-state index in [-0.39, 0.29) is 18.2 Å². The minimum atomic E-state index is -0.500. The largest absolute Gasteiger partial charge is 0.444 e. The molecule has 0 aliphatic carbocycles. The Balaban J connectivity index is 1.25. The van der Waals surface area contributed by atoms with Crippen molar-refractivity contribution in [2.24, 2.45) is 0 Å². The first kappa shape index (κ1) is 25.8. The molecule has 1 amide bonds. The van der Waals surface area contributed by atoms with Crippen LogP contribution in [0.2, 0.25) is 0 Å². The Kier molecular flexibility index (Phi) is 6.92. The molecule has 1 aliphatic heterocycles. The second kappa shape index (κ2) is 10.2. The highest BCUT2D eigenvalue weighted by Crippen LogP contribution is 2.24. The van der Waals surface area contributed by atoms with E-state index in [0.29, 0.717) is 24.7 Å². The second-order valence-electron chi connectivity index (χ2n) is 11.2. The first-order valence-corrected chi connectivity index (χ1v) is 13.0. The number of aromatic nitrogens is 5. The monoisotopic (exact) mass is 517 g/mol. The van der Waals surface area contributed by atoms with Crippen molar-refractivity contribution in [3.63, 3.8) is 0 Å². The third-order valence-electron chi connectivity index (χ3n) is 6.66. The Hall–Kier alpha value is -3.79. The maximum atomic E-state index is 12.7. The number of rotatable bonds is 5. The fourth-order valence-corrected chi connectivity index (χ4v) is 4.82. The van der Waals surface area contributed by atoms with Gasteiger partial charge in [-0.3, -0.25) is 9.88 Å². The molecule has 1 aliphatic rings. The van der Waals surface area contributed by atoms with Gasteiger partial charge >= 0.3 is 6.09 Å². The molecule has 3 aromatic heterocycles. The number of ether oxygens (including phenoxy) is 1. The third-order valence-corrected chi connectivity index (χ3v) is 6.66. The fourth-order valence-electron chi connectivity index (χ4n) is 4.82. The van der Waals surface area contributed by atoms with E-state index < -0.39 is 5.60 Å². The lowest BCUT2D eigenvalue weighted by atomic mass is 10.1. The molecule has 0 radical (unpaired) electrons. The summed E-state index contributed by atoms with van der Waals surface area (Å²) in [5.74, 6) is 1.94. The maximum absolute atomic E-state index is 12.7. The van der Waals surface area contributed by atoms with Crippen LogP contribution in [0.5, 0.6) is 0 Å². The van der Waals surface area contributed by atoms with E-state index in [0.717, 1.165) is 41.2 Å². The van der Waals surface area contributed by atoms with E-state index in [1.165, 1.54) is 5.56 Å². The molecule has 2 atom stereocenters. The first-order chi connectivity index (χ1) is 18.0. The molecule has 1 aromatic carbocycles. The van der Waals surface area contributed by atoms with Crippen LogP contribution in [0.3, 0.4) is 0 Å². The van der Waals surface area contributed by atoms with Gasteiger partial charge in [-0.2, -0.15) is 4.98 Å². The number of aryl methyl sites for hydroxylation is 1. The van der Waals surface area contributed by atoms with Gasteiger partial charge in [-0.25, -0.2) is 9.78 Å². The summed E-state index contributed by atoms with van der Waals surface area (Å²) in [6.07, 6.45) is 2.21. The quantitative estimate of drug-likeness (QED) is 0.404. The molecule has 0 spiro atoms. The highest BCUT2D eigenvalue weighted by molar-refractivity contribution is 5.80. The predicted octanol–water partition coefficient (Wildman–Crippen LogP) is 4.74. The number of carbonyl (C=O) groups is 1. The summed E-state index contributed by atoms with van der Waals surface area (Å²) in [7, 11) is 0. The van der Waals surface area contributed by atoms with Gasteiger partial charge in [0, 0.05) is 55.6 Å². The van der Waals surface area contributed by atoms with Crippen LogP contribution in [0.1, 0.15) is 57.5 Å². The Bertz CT molecular complexity index is 1440. The van der Waals surface area contributed by atoms with Gasteiger partial charge in [0.25, 0.3) is 5.89 Å². The van der Waals surface area contributed by atoms with Gasteiger partial charge < -0.3 is 19.1 Å². The van der Waals surface area contributed by atoms with E-state index >= 15 is 0 Å². The number of amides is 1. The van der Waals surface area contributed by atoms with Crippen molar-refractivity contribution >= 4 is 17.1 Å². The molecule has 0 unspecified atom stereocenters. The summed E-state index contributed by atoms with van der Waals surface area (Å²) < 4.78 is 10.9. The molecule has 4 heterocycles. The zero-order chi connectivity index (χ0) is 27.0. The van der Waals surface area contributed by atoms with Crippen molar-refractivity contribution in [1.82, 2.24) is 34.9 Å². The van der Waals surface area contributed by atoms with E-state index in [9.17, 15) is 4.79 Å². The highest BCUT2D eigenvalue weighted by atomic mass is 16.6. The molecule has 1 saturated heterocycles. The van der Waals surface area contributed by atoms with Gasteiger partial charge in [0.1, 0.15) is 11.4 Å². The average Bonchev–Trinajstić information content (AvgIpc) is 3.45. The Morgan fingerprint density at radius 3 is 2.68 bits per heavy atom. The van der Waals surface area contributed by atoms with E-state index in [2.05, 4.69) is 51.0 Å². The number of hydrogen-bond acceptors (Lipinski definition) is 8. The Morgan fingerprint density at radius 2 is 1.95 bits per heavy atom. The molecule has 10 heteroatoms. The number of aromatic amines is 1. The van der Waals surface area contributed by atoms with Gasteiger partial charge in [-0.15, -0.1) is 0 Å². The van der Waals surface area contributed by atoms with Crippen LogP contribution < -0.4 is 0 Å². The molecule has 1 fully saturated rings. The summed E-state index contributed by atoms with van der Waals surface area (Å²) in [5.41, 5.74) is 4.27. The number of nitrogens with zero attached hydrogens (tertiary/aromatic N) is 6. The van der Waals surface area contributed by atoms with Crippen LogP contribution in [0, 0.1) is 6.92 Å². The Morgan fingerprint density at radius 1 is 1.13 bits per heavy atom. The molecular weight excluding hydrogens is 482 g/mol. The SMILES string of the molecule is Cc1noc(-c2ccc3nc(Cc4cc(CN5C[C@@H](C)N(C(=O)OC(C)(C)C)C[C@@H]5C)ccn4)[nH]c3c2)n1. The van der Waals surface area contributed by atoms with Crippen LogP contribution >= 0.6 is 0 Å². The lowest BCUT2D eigenvalue weighted by molar-refractivity contribution is -0.0117. The number of imidazole rings is 1. The van der Waals surface area contributed by atoms with Crippen LogP contribution in [0.15, 0.2) is 41.1 Å². The van der Waals surface area contributed by atoms with Gasteiger partial charge in [-0.1, -0.05) is 5.16 Å². The lowest BCUT2D eigenvalue weighted by Gasteiger charge is -2.44. The Labute approximate surface area is 222 Å². The molecule has 5 rings (SSSR count). The fraction of sp³-hybridized carbons (Fsp3) is 0.464. The topological polar surface area (TPSA) is 113 Å². The van der Waals surface area contributed by atoms with Crippen molar-refractivity contribution in [3.05, 3.63) is 59.4 Å². The van der Waals surface area contributed by atoms with Gasteiger partial charge in [-0.05, 0) is 77.4 Å². The molecule has 0 saturated carbocycles. The second-order valence-corrected chi connectivity index (χ2v) is 11.2. The van der Waals surface area contributed by atoms with Crippen molar-refractivity contribution in [1.29, 1.82) is 0 Å². The number of H-pyrrole nitrogens is 1. The minimum absolute atomic E-state index is 0.0684. The molecule has 1 N–H and O–H groups in total. The summed E-state index contributed by atoms with van der Waals surface area (Å²) >= 11 is 0. The molecule has 200 valence electrons. The minimum Gasteiger partial charge on any atom is -0.444 e. The van der Waals surface area contributed by atoms with Crippen LogP contribution in [-0.2, 0) is 17.7 Å². The van der Waals surface area contributed by atoms with Crippen LogP contribution in [-0.4, -0.2) is 71.8 Å². The lowest BCUT2D eigenvalue weighted by Crippen LogP contribution is -2.58. The average molecular weight is 518 g/mol. The van der Waals surface area contributed by atoms with E-state index in [1.807, 2.05) is 50.1 Å². The number of nitrogens with one attached hydrogen (secondary N) is 1. The summed E-state index contributed by atoms with van der Waals surface area (Å²) in [6, 6.07) is 10.3. The van der Waals surface area contributed by atoms with Crippen molar-refractivity contribution in [3.8, 4) is 11.5 Å². The smallest absolute Gasteiger partial charge is 0.410 e. The highest BCUT2D eigenvalue weighted by Gasteiger charge is 2.34. The summed E-state index contributed by atoms with van der Waals surface area (Å²) in [6.45, 7) is 13.9. The van der Waals surface area contributed by atoms with Gasteiger partial charge in [0.2, 0.25) is 0 Å². The molecule has 4 aromatic rings. The first-order valence-electron chi connectivity index (χ1n) is 13.0. The normalized spacial score (nSPS) is 18.7. The molecule has 38 heavy (non-hydrogen) atoms. The number of fused-ring (bicyclic) bond motifs is 1. The standard InChI is InChI=1S/C28H35N7O3/c1-17-15-35(27(36)37-28(4,5)6)18(2)14-34(17)16-20-9-10-29-22(11-20)13-25-31-23-8-7-21(12-24(23)32-25)26-30-19(3)33-38-26/h7-12,17-18H,13-16H2,1-6H3,(H,31,32)/t17-,18+/m0/s1. The summed E-state index contributed by atoms with van der Waals surface area (Å²) in [5, 5.41) is 3.87. The number of benzene rings is 1. The van der Waals surface area contributed by atoms with E-state index in [1.54, 1.807) is 6.92 Å².